The average molecular weight is 201 g/mol. The Labute approximate surface area is 90.2 Å². The van der Waals surface area contributed by atoms with Crippen molar-refractivity contribution in [3.8, 4) is 0 Å². The van der Waals surface area contributed by atoms with E-state index in [0.29, 0.717) is 0 Å². The minimum atomic E-state index is 0.823. The fourth-order valence-corrected chi connectivity index (χ4v) is 1.62. The molecule has 1 heterocycles. The summed E-state index contributed by atoms with van der Waals surface area (Å²) in [6.07, 6.45) is 0.851. The van der Waals surface area contributed by atoms with E-state index in [1.54, 1.807) is 0 Å². The lowest BCUT2D eigenvalue weighted by Gasteiger charge is -2.14. The van der Waals surface area contributed by atoms with Crippen molar-refractivity contribution in [2.24, 2.45) is 9.98 Å². The summed E-state index contributed by atoms with van der Waals surface area (Å²) in [4.78, 5) is 11.0. The van der Waals surface area contributed by atoms with Gasteiger partial charge in [0.15, 0.2) is 0 Å². The van der Waals surface area contributed by atoms with Crippen LogP contribution in [0.25, 0.3) is 0 Å². The van der Waals surface area contributed by atoms with E-state index >= 15 is 0 Å². The topological polar surface area (TPSA) is 28.0 Å². The Balaban J connectivity index is 2.46. The number of fused-ring (bicyclic) bond motifs is 1. The molecule has 0 N–H and O–H groups in total. The van der Waals surface area contributed by atoms with E-state index in [4.69, 9.17) is 0 Å². The van der Waals surface area contributed by atoms with E-state index in [0.717, 1.165) is 23.8 Å². The van der Waals surface area contributed by atoms with Gasteiger partial charge in [0.05, 0.1) is 5.69 Å². The summed E-state index contributed by atoms with van der Waals surface area (Å²) in [5.74, 6) is 1.88. The molecule has 1 aliphatic heterocycles. The molecule has 0 radical (unpaired) electrons. The maximum Gasteiger partial charge on any atom is 0.127 e. The van der Waals surface area contributed by atoms with Crippen LogP contribution in [0.2, 0.25) is 0 Å². The highest BCUT2D eigenvalue weighted by Crippen LogP contribution is 2.22. The van der Waals surface area contributed by atoms with Crippen LogP contribution in [0.4, 0.5) is 5.69 Å². The highest BCUT2D eigenvalue weighted by molar-refractivity contribution is 5.99. The molecule has 2 rings (SSSR count). The van der Waals surface area contributed by atoms with E-state index < -0.39 is 0 Å². The third-order valence-corrected chi connectivity index (χ3v) is 2.43. The minimum Gasteiger partial charge on any atom is -0.366 e. The van der Waals surface area contributed by atoms with Crippen LogP contribution in [0.15, 0.2) is 34.3 Å². The molecule has 0 saturated carbocycles. The summed E-state index contributed by atoms with van der Waals surface area (Å²) < 4.78 is 0. The van der Waals surface area contributed by atoms with Crippen molar-refractivity contribution in [2.45, 2.75) is 13.3 Å². The third kappa shape index (κ3) is 2.06. The van der Waals surface area contributed by atoms with Gasteiger partial charge >= 0.3 is 0 Å². The zero-order valence-corrected chi connectivity index (χ0v) is 9.36. The molecule has 0 unspecified atom stereocenters. The second-order valence-corrected chi connectivity index (χ2v) is 3.89. The second kappa shape index (κ2) is 3.85. The Hall–Kier alpha value is -1.64. The Bertz CT molecular complexity index is 430. The summed E-state index contributed by atoms with van der Waals surface area (Å²) in [7, 11) is 4.03. The quantitative estimate of drug-likeness (QED) is 0.632. The fourth-order valence-electron chi connectivity index (χ4n) is 1.62. The fraction of sp³-hybridized carbons (Fsp3) is 0.333. The standard InChI is InChI=1S/C12H15N3/c1-9-13-11-7-5-4-6-10(11)8-12(14-9)15(2)3/h4-7H,8H2,1-3H3. The number of nitrogens with zero attached hydrogens (tertiary/aromatic N) is 3. The van der Waals surface area contributed by atoms with Gasteiger partial charge in [-0.2, -0.15) is 0 Å². The van der Waals surface area contributed by atoms with Gasteiger partial charge < -0.3 is 4.90 Å². The first-order valence-corrected chi connectivity index (χ1v) is 5.05. The molecule has 1 aliphatic rings. The van der Waals surface area contributed by atoms with Gasteiger partial charge in [0.25, 0.3) is 0 Å². The Morgan fingerprint density at radius 2 is 1.87 bits per heavy atom. The van der Waals surface area contributed by atoms with Gasteiger partial charge in [0, 0.05) is 20.5 Å². The third-order valence-electron chi connectivity index (χ3n) is 2.43. The number of hydrogen-bond acceptors (Lipinski definition) is 3. The van der Waals surface area contributed by atoms with Crippen molar-refractivity contribution < 1.29 is 0 Å². The molecular formula is C12H15N3. The minimum absolute atomic E-state index is 0.823. The van der Waals surface area contributed by atoms with E-state index in [9.17, 15) is 0 Å². The summed E-state index contributed by atoms with van der Waals surface area (Å²) >= 11 is 0. The maximum atomic E-state index is 4.48. The van der Waals surface area contributed by atoms with Crippen molar-refractivity contribution in [2.75, 3.05) is 14.1 Å². The van der Waals surface area contributed by atoms with E-state index in [-0.39, 0.29) is 0 Å². The van der Waals surface area contributed by atoms with Crippen LogP contribution in [0.3, 0.4) is 0 Å². The molecule has 0 atom stereocenters. The van der Waals surface area contributed by atoms with Crippen LogP contribution in [0.5, 0.6) is 0 Å². The lowest BCUT2D eigenvalue weighted by atomic mass is 10.1. The van der Waals surface area contributed by atoms with Gasteiger partial charge in [0.2, 0.25) is 0 Å². The van der Waals surface area contributed by atoms with Crippen LogP contribution in [-0.4, -0.2) is 30.7 Å². The average Bonchev–Trinajstić information content (AvgIpc) is 2.35. The maximum absolute atomic E-state index is 4.48. The molecule has 0 aliphatic carbocycles. The zero-order chi connectivity index (χ0) is 10.8. The van der Waals surface area contributed by atoms with Crippen molar-refractivity contribution in [1.29, 1.82) is 0 Å². The van der Waals surface area contributed by atoms with E-state index in [1.165, 1.54) is 5.56 Å². The SMILES string of the molecule is CC1=Nc2ccccc2CC(N(C)C)=N1. The van der Waals surface area contributed by atoms with Crippen molar-refractivity contribution in [3.05, 3.63) is 29.8 Å². The Morgan fingerprint density at radius 1 is 1.13 bits per heavy atom. The molecule has 0 saturated heterocycles. The smallest absolute Gasteiger partial charge is 0.127 e. The summed E-state index contributed by atoms with van der Waals surface area (Å²) in [5, 5.41) is 0. The van der Waals surface area contributed by atoms with Crippen LogP contribution < -0.4 is 0 Å². The van der Waals surface area contributed by atoms with Crippen LogP contribution in [0.1, 0.15) is 12.5 Å². The monoisotopic (exact) mass is 201 g/mol. The second-order valence-electron chi connectivity index (χ2n) is 3.89. The first-order chi connectivity index (χ1) is 7.16. The van der Waals surface area contributed by atoms with Crippen molar-refractivity contribution in [1.82, 2.24) is 4.90 Å². The number of benzene rings is 1. The molecule has 0 spiro atoms. The molecular weight excluding hydrogens is 186 g/mol. The molecule has 1 aromatic rings. The molecule has 0 bridgehead atoms. The Morgan fingerprint density at radius 3 is 2.60 bits per heavy atom. The van der Waals surface area contributed by atoms with Gasteiger partial charge in [-0.25, -0.2) is 9.98 Å². The first-order valence-electron chi connectivity index (χ1n) is 5.05. The highest BCUT2D eigenvalue weighted by Gasteiger charge is 2.11. The molecule has 1 aromatic carbocycles. The van der Waals surface area contributed by atoms with Crippen LogP contribution in [0, 0.1) is 0 Å². The number of likely N-dealkylation sites (N-methyl/N-ethyl adjacent to an activating group) is 1. The number of para-hydroxylation sites is 1. The van der Waals surface area contributed by atoms with E-state index in [2.05, 4.69) is 16.1 Å². The van der Waals surface area contributed by atoms with Gasteiger partial charge in [-0.05, 0) is 18.6 Å². The van der Waals surface area contributed by atoms with Gasteiger partial charge in [-0.3, -0.25) is 0 Å². The molecule has 3 heteroatoms. The van der Waals surface area contributed by atoms with E-state index in [1.807, 2.05) is 44.1 Å². The molecule has 0 aromatic heterocycles. The summed E-state index contributed by atoms with van der Waals surface area (Å²) in [6.45, 7) is 1.94. The van der Waals surface area contributed by atoms with Gasteiger partial charge in [-0.1, -0.05) is 18.2 Å². The molecule has 0 amide bonds. The highest BCUT2D eigenvalue weighted by atomic mass is 15.2. The van der Waals surface area contributed by atoms with Crippen LogP contribution >= 0.6 is 0 Å². The molecule has 3 nitrogen and oxygen atoms in total. The number of hydrogen-bond donors (Lipinski definition) is 0. The molecule has 78 valence electrons. The molecule has 15 heavy (non-hydrogen) atoms. The number of amidine groups is 2. The predicted octanol–water partition coefficient (Wildman–Crippen LogP) is 2.25. The zero-order valence-electron chi connectivity index (χ0n) is 9.36. The van der Waals surface area contributed by atoms with Crippen molar-refractivity contribution in [3.63, 3.8) is 0 Å². The number of aliphatic imine (C=N–C) groups is 2. The van der Waals surface area contributed by atoms with Gasteiger partial charge in [0.1, 0.15) is 11.7 Å². The normalized spacial score (nSPS) is 14.9. The number of rotatable bonds is 0. The van der Waals surface area contributed by atoms with Crippen LogP contribution in [-0.2, 0) is 6.42 Å². The lowest BCUT2D eigenvalue weighted by Crippen LogP contribution is -2.24. The lowest BCUT2D eigenvalue weighted by molar-refractivity contribution is 0.611. The largest absolute Gasteiger partial charge is 0.366 e. The van der Waals surface area contributed by atoms with Crippen molar-refractivity contribution >= 4 is 17.4 Å². The summed E-state index contributed by atoms with van der Waals surface area (Å²) in [6, 6.07) is 8.20. The summed E-state index contributed by atoms with van der Waals surface area (Å²) in [5.41, 5.74) is 2.28. The van der Waals surface area contributed by atoms with Gasteiger partial charge in [-0.15, -0.1) is 0 Å². The predicted molar refractivity (Wildman–Crippen MR) is 64.0 cm³/mol. The molecule has 0 fully saturated rings. The Kier molecular flexibility index (Phi) is 2.54. The first kappa shape index (κ1) is 9.90.